The van der Waals surface area contributed by atoms with Crippen LogP contribution in [0.1, 0.15) is 15.2 Å². The number of fused-ring (bicyclic) bond motifs is 1. The largest absolute Gasteiger partial charge is 0.545 e. The molecule has 4 rings (SSSR count). The van der Waals surface area contributed by atoms with Gasteiger partial charge in [0.2, 0.25) is 5.91 Å². The molecule has 1 saturated heterocycles. The fraction of sp³-hybridized carbons (Fsp3) is 0.263. The summed E-state index contributed by atoms with van der Waals surface area (Å²) in [5.41, 5.74) is 1.17. The first-order valence-corrected chi connectivity index (χ1v) is 10.6. The highest BCUT2D eigenvalue weighted by Gasteiger charge is 2.49. The van der Waals surface area contributed by atoms with Gasteiger partial charge in [-0.05, 0) is 11.4 Å². The van der Waals surface area contributed by atoms with Crippen molar-refractivity contribution in [2.45, 2.75) is 24.4 Å². The van der Waals surface area contributed by atoms with Gasteiger partial charge in [0.25, 0.3) is 5.91 Å². The van der Waals surface area contributed by atoms with E-state index in [1.165, 1.54) is 23.5 Å². The van der Waals surface area contributed by atoms with Gasteiger partial charge in [0.15, 0.2) is 18.9 Å². The smallest absolute Gasteiger partial charge is 0.253 e. The Kier molecular flexibility index (Phi) is 5.19. The Morgan fingerprint density at radius 1 is 1.29 bits per heavy atom. The third-order valence-corrected chi connectivity index (χ3v) is 6.84. The SMILES string of the molecule is O=C(Cc1cccs1)NC1C(=O)N2C=C(C[n+]3ccc(C(=O)[O-])cc3)CS[C@H]12. The van der Waals surface area contributed by atoms with Gasteiger partial charge in [-0.25, -0.2) is 4.57 Å². The molecular weight excluding hydrogens is 398 g/mol. The lowest BCUT2D eigenvalue weighted by atomic mass is 10.1. The van der Waals surface area contributed by atoms with E-state index in [1.807, 2.05) is 28.3 Å². The summed E-state index contributed by atoms with van der Waals surface area (Å²) in [5, 5.41) is 15.5. The van der Waals surface area contributed by atoms with E-state index in [4.69, 9.17) is 0 Å². The molecule has 144 valence electrons. The van der Waals surface area contributed by atoms with Crippen molar-refractivity contribution in [3.63, 3.8) is 0 Å². The fourth-order valence-corrected chi connectivity index (χ4v) is 5.13. The second-order valence-corrected chi connectivity index (χ2v) is 8.72. The van der Waals surface area contributed by atoms with Crippen LogP contribution in [0.5, 0.6) is 0 Å². The van der Waals surface area contributed by atoms with Gasteiger partial charge in [-0.1, -0.05) is 6.07 Å². The number of rotatable bonds is 6. The Balaban J connectivity index is 1.35. The van der Waals surface area contributed by atoms with E-state index in [2.05, 4.69) is 5.32 Å². The minimum atomic E-state index is -1.21. The van der Waals surface area contributed by atoms with Gasteiger partial charge in [0.05, 0.1) is 12.4 Å². The quantitative estimate of drug-likeness (QED) is 0.526. The summed E-state index contributed by atoms with van der Waals surface area (Å²) in [5.74, 6) is -0.715. The van der Waals surface area contributed by atoms with Crippen molar-refractivity contribution in [2.75, 3.05) is 5.75 Å². The first kappa shape index (κ1) is 18.7. The van der Waals surface area contributed by atoms with Gasteiger partial charge < -0.3 is 20.1 Å². The molecule has 1 fully saturated rings. The molecule has 0 aliphatic carbocycles. The first-order valence-electron chi connectivity index (χ1n) is 8.67. The predicted octanol–water partition coefficient (Wildman–Crippen LogP) is -0.0744. The molecule has 0 spiro atoms. The zero-order valence-electron chi connectivity index (χ0n) is 14.7. The van der Waals surface area contributed by atoms with Crippen LogP contribution in [-0.2, 0) is 22.6 Å². The Hall–Kier alpha value is -2.65. The van der Waals surface area contributed by atoms with Crippen molar-refractivity contribution >= 4 is 40.9 Å². The first-order chi connectivity index (χ1) is 13.5. The van der Waals surface area contributed by atoms with Crippen LogP contribution in [0.15, 0.2) is 53.8 Å². The predicted molar refractivity (Wildman–Crippen MR) is 102 cm³/mol. The average molecular weight is 415 g/mol. The van der Waals surface area contributed by atoms with Crippen LogP contribution in [0, 0.1) is 0 Å². The number of carboxylic acid groups (broad SMARTS) is 1. The molecule has 7 nitrogen and oxygen atoms in total. The van der Waals surface area contributed by atoms with Gasteiger partial charge in [-0.15, -0.1) is 23.1 Å². The van der Waals surface area contributed by atoms with Crippen LogP contribution in [0.2, 0.25) is 0 Å². The van der Waals surface area contributed by atoms with E-state index >= 15 is 0 Å². The van der Waals surface area contributed by atoms with Crippen LogP contribution in [0.25, 0.3) is 0 Å². The minimum Gasteiger partial charge on any atom is -0.545 e. The summed E-state index contributed by atoms with van der Waals surface area (Å²) in [6.07, 6.45) is 5.48. The standard InChI is InChI=1S/C19H17N3O4S2/c23-15(8-14-2-1-7-27-14)20-16-17(24)22-10-12(11-28-18(16)22)9-21-5-3-13(4-6-21)19(25)26/h1-7,10,16,18H,8-9,11H2,(H-,20,23,25,26)/t16?,18-/m1/s1. The van der Waals surface area contributed by atoms with Gasteiger partial charge in [-0.2, -0.15) is 0 Å². The van der Waals surface area contributed by atoms with Crippen LogP contribution >= 0.6 is 23.1 Å². The lowest BCUT2D eigenvalue weighted by Crippen LogP contribution is -2.68. The lowest BCUT2D eigenvalue weighted by molar-refractivity contribution is -0.689. The second kappa shape index (κ2) is 7.76. The highest BCUT2D eigenvalue weighted by Crippen LogP contribution is 2.36. The van der Waals surface area contributed by atoms with Gasteiger partial charge in [0.1, 0.15) is 11.4 Å². The summed E-state index contributed by atoms with van der Waals surface area (Å²) in [6, 6.07) is 6.30. The van der Waals surface area contributed by atoms with Crippen molar-refractivity contribution in [1.29, 1.82) is 0 Å². The van der Waals surface area contributed by atoms with E-state index in [9.17, 15) is 19.5 Å². The summed E-state index contributed by atoms with van der Waals surface area (Å²) < 4.78 is 1.85. The molecule has 0 saturated carbocycles. The number of aromatic nitrogens is 1. The van der Waals surface area contributed by atoms with Crippen LogP contribution in [0.4, 0.5) is 0 Å². The van der Waals surface area contributed by atoms with Crippen molar-refractivity contribution < 1.29 is 24.1 Å². The third kappa shape index (κ3) is 3.81. The van der Waals surface area contributed by atoms with Crippen LogP contribution < -0.4 is 15.0 Å². The molecule has 9 heteroatoms. The maximum Gasteiger partial charge on any atom is 0.253 e. The van der Waals surface area contributed by atoms with E-state index < -0.39 is 12.0 Å². The number of pyridine rings is 1. The molecule has 1 unspecified atom stereocenters. The molecule has 2 aliphatic heterocycles. The molecule has 2 aromatic heterocycles. The monoisotopic (exact) mass is 415 g/mol. The molecule has 2 atom stereocenters. The maximum absolute atomic E-state index is 12.4. The highest BCUT2D eigenvalue weighted by molar-refractivity contribution is 8.00. The number of hydrogen-bond acceptors (Lipinski definition) is 6. The Morgan fingerprint density at radius 2 is 2.07 bits per heavy atom. The van der Waals surface area contributed by atoms with E-state index in [-0.39, 0.29) is 22.8 Å². The molecule has 0 aromatic carbocycles. The van der Waals surface area contributed by atoms with Crippen LogP contribution in [0.3, 0.4) is 0 Å². The number of thiophene rings is 1. The van der Waals surface area contributed by atoms with Gasteiger partial charge in [-0.3, -0.25) is 9.59 Å². The number of hydrogen-bond donors (Lipinski definition) is 1. The lowest BCUT2D eigenvalue weighted by Gasteiger charge is -2.47. The number of nitrogens with one attached hydrogen (secondary N) is 1. The highest BCUT2D eigenvalue weighted by atomic mass is 32.2. The van der Waals surface area contributed by atoms with Gasteiger partial charge >= 0.3 is 0 Å². The zero-order valence-corrected chi connectivity index (χ0v) is 16.4. The van der Waals surface area contributed by atoms with Crippen molar-refractivity contribution in [3.8, 4) is 0 Å². The van der Waals surface area contributed by atoms with E-state index in [0.29, 0.717) is 13.0 Å². The molecular formula is C19H17N3O4S2. The molecule has 4 heterocycles. The molecule has 0 bridgehead atoms. The third-order valence-electron chi connectivity index (χ3n) is 4.58. The van der Waals surface area contributed by atoms with E-state index in [1.54, 1.807) is 29.1 Å². The molecule has 0 radical (unpaired) electrons. The van der Waals surface area contributed by atoms with Crippen molar-refractivity contribution in [2.24, 2.45) is 0 Å². The molecule has 2 aliphatic rings. The van der Waals surface area contributed by atoms with Crippen molar-refractivity contribution in [3.05, 3.63) is 64.3 Å². The number of aromatic carboxylic acids is 1. The second-order valence-electron chi connectivity index (χ2n) is 6.58. The van der Waals surface area contributed by atoms with Crippen LogP contribution in [-0.4, -0.2) is 39.9 Å². The number of carboxylic acids is 1. The number of thioether (sulfide) groups is 1. The number of carbonyl (C=O) groups excluding carboxylic acids is 3. The normalized spacial score (nSPS) is 20.8. The molecule has 1 N–H and O–H groups in total. The molecule has 2 amide bonds. The summed E-state index contributed by atoms with van der Waals surface area (Å²) in [6.45, 7) is 0.562. The summed E-state index contributed by atoms with van der Waals surface area (Å²) in [4.78, 5) is 38.0. The zero-order chi connectivity index (χ0) is 19.7. The van der Waals surface area contributed by atoms with E-state index in [0.717, 1.165) is 16.2 Å². The number of amides is 2. The summed E-state index contributed by atoms with van der Waals surface area (Å²) >= 11 is 3.14. The topological polar surface area (TPSA) is 93.4 Å². The fourth-order valence-electron chi connectivity index (χ4n) is 3.18. The number of carbonyl (C=O) groups is 3. The molecule has 2 aromatic rings. The Morgan fingerprint density at radius 3 is 2.75 bits per heavy atom. The maximum atomic E-state index is 12.4. The Bertz CT molecular complexity index is 941. The molecule has 28 heavy (non-hydrogen) atoms. The summed E-state index contributed by atoms with van der Waals surface area (Å²) in [7, 11) is 0. The van der Waals surface area contributed by atoms with Crippen molar-refractivity contribution in [1.82, 2.24) is 10.2 Å². The minimum absolute atomic E-state index is 0.0750. The average Bonchev–Trinajstić information content (AvgIpc) is 3.19. The number of β-lactam (4-membered cyclic amide) rings is 1. The Labute approximate surface area is 169 Å². The van der Waals surface area contributed by atoms with Gasteiger partial charge in [0, 0.05) is 40.1 Å². The number of nitrogens with zero attached hydrogens (tertiary/aromatic N) is 2.